The third kappa shape index (κ3) is 3.97. The van der Waals surface area contributed by atoms with Crippen molar-refractivity contribution in [2.45, 2.75) is 25.8 Å². The van der Waals surface area contributed by atoms with E-state index in [-0.39, 0.29) is 11.9 Å². The van der Waals surface area contributed by atoms with Crippen LogP contribution < -0.4 is 11.1 Å². The van der Waals surface area contributed by atoms with E-state index >= 15 is 0 Å². The molecule has 0 spiro atoms. The van der Waals surface area contributed by atoms with E-state index in [9.17, 15) is 4.79 Å². The minimum atomic E-state index is -0.0727. The van der Waals surface area contributed by atoms with E-state index < -0.39 is 0 Å². The van der Waals surface area contributed by atoms with Gasteiger partial charge in [0.05, 0.1) is 6.54 Å². The van der Waals surface area contributed by atoms with Gasteiger partial charge in [0.1, 0.15) is 0 Å². The van der Waals surface area contributed by atoms with E-state index in [2.05, 4.69) is 27.1 Å². The maximum atomic E-state index is 11.9. The second-order valence-corrected chi connectivity index (χ2v) is 4.98. The van der Waals surface area contributed by atoms with E-state index in [0.29, 0.717) is 18.4 Å². The minimum absolute atomic E-state index is 0.0727. The molecule has 1 aromatic heterocycles. The Labute approximate surface area is 113 Å². The Morgan fingerprint density at radius 3 is 2.95 bits per heavy atom. The van der Waals surface area contributed by atoms with Crippen LogP contribution in [0.2, 0.25) is 0 Å². The molecule has 2 unspecified atom stereocenters. The van der Waals surface area contributed by atoms with Crippen molar-refractivity contribution in [3.05, 3.63) is 18.5 Å². The fourth-order valence-corrected chi connectivity index (χ4v) is 2.43. The number of hydrogen-bond acceptors (Lipinski definition) is 5. The van der Waals surface area contributed by atoms with E-state index in [4.69, 9.17) is 5.73 Å². The van der Waals surface area contributed by atoms with Crippen molar-refractivity contribution in [2.24, 2.45) is 11.7 Å². The number of amides is 1. The third-order valence-electron chi connectivity index (χ3n) is 3.59. The summed E-state index contributed by atoms with van der Waals surface area (Å²) in [6.07, 6.45) is 5.22. The molecule has 1 amide bonds. The molecule has 19 heavy (non-hydrogen) atoms. The molecule has 2 rings (SSSR count). The number of carbonyl (C=O) groups excluding carboxylic acids is 1. The van der Waals surface area contributed by atoms with Gasteiger partial charge in [0.15, 0.2) is 0 Å². The number of anilines is 1. The highest BCUT2D eigenvalue weighted by atomic mass is 16.2. The largest absolute Gasteiger partial charge is 0.327 e. The maximum Gasteiger partial charge on any atom is 0.240 e. The molecule has 6 heteroatoms. The Bertz CT molecular complexity index is 411. The smallest absolute Gasteiger partial charge is 0.240 e. The van der Waals surface area contributed by atoms with Crippen LogP contribution >= 0.6 is 0 Å². The molecule has 104 valence electrons. The molecule has 1 aliphatic rings. The van der Waals surface area contributed by atoms with Crippen LogP contribution in [0.1, 0.15) is 19.8 Å². The molecule has 1 aromatic rings. The third-order valence-corrected chi connectivity index (χ3v) is 3.59. The van der Waals surface area contributed by atoms with Gasteiger partial charge in [0.2, 0.25) is 11.9 Å². The van der Waals surface area contributed by atoms with Crippen molar-refractivity contribution >= 4 is 11.9 Å². The summed E-state index contributed by atoms with van der Waals surface area (Å²) in [5.41, 5.74) is 6.06. The number of nitrogens with two attached hydrogens (primary N) is 1. The van der Waals surface area contributed by atoms with E-state index in [1.54, 1.807) is 18.5 Å². The second kappa shape index (κ2) is 6.58. The number of hydrogen-bond donors (Lipinski definition) is 2. The van der Waals surface area contributed by atoms with E-state index in [1.807, 2.05) is 0 Å². The molecule has 0 bridgehead atoms. The molecule has 3 N–H and O–H groups in total. The normalized spacial score (nSPS) is 24.1. The zero-order chi connectivity index (χ0) is 13.7. The van der Waals surface area contributed by atoms with Gasteiger partial charge in [-0.1, -0.05) is 13.3 Å². The highest BCUT2D eigenvalue weighted by Crippen LogP contribution is 2.18. The first-order valence-corrected chi connectivity index (χ1v) is 6.74. The Morgan fingerprint density at radius 2 is 2.26 bits per heavy atom. The van der Waals surface area contributed by atoms with Crippen LogP contribution in [-0.2, 0) is 4.79 Å². The van der Waals surface area contributed by atoms with Gasteiger partial charge in [-0.2, -0.15) is 0 Å². The Morgan fingerprint density at radius 1 is 1.53 bits per heavy atom. The lowest BCUT2D eigenvalue weighted by atomic mass is 9.91. The van der Waals surface area contributed by atoms with Gasteiger partial charge >= 0.3 is 0 Å². The first-order valence-electron chi connectivity index (χ1n) is 6.74. The predicted octanol–water partition coefficient (Wildman–Crippen LogP) is 0.474. The number of aromatic nitrogens is 2. The van der Waals surface area contributed by atoms with Crippen LogP contribution in [0.5, 0.6) is 0 Å². The zero-order valence-corrected chi connectivity index (χ0v) is 11.2. The Balaban J connectivity index is 1.82. The van der Waals surface area contributed by atoms with Crippen LogP contribution in [-0.4, -0.2) is 46.5 Å². The quantitative estimate of drug-likeness (QED) is 0.825. The van der Waals surface area contributed by atoms with Gasteiger partial charge in [-0.3, -0.25) is 15.0 Å². The van der Waals surface area contributed by atoms with E-state index in [0.717, 1.165) is 25.9 Å². The number of nitrogens with one attached hydrogen (secondary N) is 1. The summed E-state index contributed by atoms with van der Waals surface area (Å²) in [6, 6.07) is 1.98. The summed E-state index contributed by atoms with van der Waals surface area (Å²) in [5.74, 6) is 0.763. The van der Waals surface area contributed by atoms with Crippen molar-refractivity contribution in [3.8, 4) is 0 Å². The molecule has 0 aliphatic carbocycles. The highest BCUT2D eigenvalue weighted by molar-refractivity contribution is 5.90. The molecule has 1 saturated heterocycles. The summed E-state index contributed by atoms with van der Waals surface area (Å²) < 4.78 is 0. The maximum absolute atomic E-state index is 11.9. The summed E-state index contributed by atoms with van der Waals surface area (Å²) >= 11 is 0. The van der Waals surface area contributed by atoms with Gasteiger partial charge in [0, 0.05) is 31.5 Å². The molecule has 0 saturated carbocycles. The monoisotopic (exact) mass is 263 g/mol. The van der Waals surface area contributed by atoms with Crippen molar-refractivity contribution in [1.82, 2.24) is 14.9 Å². The second-order valence-electron chi connectivity index (χ2n) is 4.98. The molecular weight excluding hydrogens is 242 g/mol. The summed E-state index contributed by atoms with van der Waals surface area (Å²) in [4.78, 5) is 22.0. The topological polar surface area (TPSA) is 84.1 Å². The average molecular weight is 263 g/mol. The number of piperidine rings is 1. The minimum Gasteiger partial charge on any atom is -0.327 e. The first kappa shape index (κ1) is 13.9. The van der Waals surface area contributed by atoms with Gasteiger partial charge in [0.25, 0.3) is 0 Å². The Hall–Kier alpha value is -1.53. The standard InChI is InChI=1S/C13H21N5O/c1-2-10-8-18(7-4-11(10)14)9-12(19)17-13-15-5-3-6-16-13/h3,5-6,10-11H,2,4,7-9,14H2,1H3,(H,15,16,17,19). The first-order chi connectivity index (χ1) is 9.19. The highest BCUT2D eigenvalue weighted by Gasteiger charge is 2.26. The summed E-state index contributed by atoms with van der Waals surface area (Å²) in [7, 11) is 0. The van der Waals surface area contributed by atoms with Crippen molar-refractivity contribution < 1.29 is 4.79 Å². The molecule has 0 aromatic carbocycles. The van der Waals surface area contributed by atoms with Crippen LogP contribution in [0.4, 0.5) is 5.95 Å². The predicted molar refractivity (Wildman–Crippen MR) is 73.5 cm³/mol. The number of rotatable bonds is 4. The van der Waals surface area contributed by atoms with E-state index in [1.165, 1.54) is 0 Å². The van der Waals surface area contributed by atoms with Crippen LogP contribution in [0.25, 0.3) is 0 Å². The lowest BCUT2D eigenvalue weighted by molar-refractivity contribution is -0.117. The fraction of sp³-hybridized carbons (Fsp3) is 0.615. The number of nitrogens with zero attached hydrogens (tertiary/aromatic N) is 3. The molecule has 2 atom stereocenters. The van der Waals surface area contributed by atoms with Crippen molar-refractivity contribution in [1.29, 1.82) is 0 Å². The average Bonchev–Trinajstić information content (AvgIpc) is 2.42. The van der Waals surface area contributed by atoms with Crippen LogP contribution in [0.15, 0.2) is 18.5 Å². The van der Waals surface area contributed by atoms with Gasteiger partial charge in [-0.05, 0) is 18.4 Å². The Kier molecular flexibility index (Phi) is 4.81. The van der Waals surface area contributed by atoms with Crippen LogP contribution in [0.3, 0.4) is 0 Å². The van der Waals surface area contributed by atoms with Crippen LogP contribution in [0, 0.1) is 5.92 Å². The molecule has 2 heterocycles. The van der Waals surface area contributed by atoms with Gasteiger partial charge in [-0.15, -0.1) is 0 Å². The zero-order valence-electron chi connectivity index (χ0n) is 11.2. The summed E-state index contributed by atoms with van der Waals surface area (Å²) in [6.45, 7) is 4.29. The lowest BCUT2D eigenvalue weighted by Crippen LogP contribution is -2.48. The SMILES string of the molecule is CCC1CN(CC(=O)Nc2ncccn2)CCC1N. The lowest BCUT2D eigenvalue weighted by Gasteiger charge is -2.35. The molecular formula is C13H21N5O. The van der Waals surface area contributed by atoms with Crippen molar-refractivity contribution in [3.63, 3.8) is 0 Å². The molecule has 1 aliphatic heterocycles. The summed E-state index contributed by atoms with van der Waals surface area (Å²) in [5, 5.41) is 2.70. The molecule has 0 radical (unpaired) electrons. The number of likely N-dealkylation sites (tertiary alicyclic amines) is 1. The molecule has 6 nitrogen and oxygen atoms in total. The van der Waals surface area contributed by atoms with Gasteiger partial charge in [-0.25, -0.2) is 9.97 Å². The van der Waals surface area contributed by atoms with Crippen molar-refractivity contribution in [2.75, 3.05) is 25.0 Å². The molecule has 1 fully saturated rings. The number of carbonyl (C=O) groups is 1. The fourth-order valence-electron chi connectivity index (χ4n) is 2.43. The van der Waals surface area contributed by atoms with Gasteiger partial charge < -0.3 is 5.73 Å².